The average molecular weight is 208 g/mol. The van der Waals surface area contributed by atoms with Crippen LogP contribution < -0.4 is 5.73 Å². The van der Waals surface area contributed by atoms with Crippen molar-refractivity contribution in [2.75, 3.05) is 0 Å². The molecular weight excluding hydrogens is 192 g/mol. The minimum atomic E-state index is 0.113. The van der Waals surface area contributed by atoms with Crippen LogP contribution >= 0.6 is 11.8 Å². The molecule has 0 aromatic heterocycles. The number of hydrogen-bond donors (Lipinski definition) is 1. The molecule has 1 aromatic carbocycles. The van der Waals surface area contributed by atoms with Crippen LogP contribution in [0.3, 0.4) is 0 Å². The van der Waals surface area contributed by atoms with E-state index in [1.54, 1.807) is 11.8 Å². The molecule has 0 amide bonds. The van der Waals surface area contributed by atoms with Gasteiger partial charge in [0.15, 0.2) is 5.17 Å². The van der Waals surface area contributed by atoms with Crippen molar-refractivity contribution in [2.24, 2.45) is 10.7 Å². The van der Waals surface area contributed by atoms with E-state index in [0.29, 0.717) is 5.17 Å². The van der Waals surface area contributed by atoms with E-state index in [1.807, 2.05) is 30.3 Å². The average Bonchev–Trinajstić information content (AvgIpc) is 2.02. The Bertz CT molecular complexity index is 312. The van der Waals surface area contributed by atoms with Gasteiger partial charge in [-0.25, -0.2) is 4.99 Å². The first-order chi connectivity index (χ1) is 6.47. The number of nitrogens with two attached hydrogens (primary N) is 1. The maximum atomic E-state index is 5.80. The highest BCUT2D eigenvalue weighted by atomic mass is 32.2. The molecule has 0 unspecified atom stereocenters. The van der Waals surface area contributed by atoms with Crippen LogP contribution in [0.1, 0.15) is 20.8 Å². The van der Waals surface area contributed by atoms with Crippen LogP contribution in [0.25, 0.3) is 0 Å². The number of nitrogens with zero attached hydrogens (tertiary/aromatic N) is 1. The Morgan fingerprint density at radius 3 is 2.29 bits per heavy atom. The molecule has 0 heterocycles. The van der Waals surface area contributed by atoms with E-state index in [9.17, 15) is 0 Å². The molecule has 0 saturated heterocycles. The van der Waals surface area contributed by atoms with Crippen molar-refractivity contribution in [3.63, 3.8) is 0 Å². The van der Waals surface area contributed by atoms with Gasteiger partial charge in [-0.3, -0.25) is 0 Å². The van der Waals surface area contributed by atoms with Gasteiger partial charge in [0.2, 0.25) is 0 Å². The van der Waals surface area contributed by atoms with Crippen molar-refractivity contribution in [1.29, 1.82) is 0 Å². The summed E-state index contributed by atoms with van der Waals surface area (Å²) in [6.45, 7) is 6.35. The van der Waals surface area contributed by atoms with Crippen LogP contribution in [0.5, 0.6) is 0 Å². The van der Waals surface area contributed by atoms with Crippen molar-refractivity contribution in [1.82, 2.24) is 0 Å². The molecule has 0 bridgehead atoms. The van der Waals surface area contributed by atoms with Crippen LogP contribution in [-0.2, 0) is 0 Å². The van der Waals surface area contributed by atoms with E-state index >= 15 is 0 Å². The molecule has 2 nitrogen and oxygen atoms in total. The summed E-state index contributed by atoms with van der Waals surface area (Å²) in [6.07, 6.45) is 0. The van der Waals surface area contributed by atoms with Gasteiger partial charge < -0.3 is 5.73 Å². The Kier molecular flexibility index (Phi) is 3.58. The van der Waals surface area contributed by atoms with Gasteiger partial charge in [-0.2, -0.15) is 0 Å². The quantitative estimate of drug-likeness (QED) is 0.568. The van der Waals surface area contributed by atoms with Crippen molar-refractivity contribution < 1.29 is 0 Å². The Morgan fingerprint density at radius 1 is 1.21 bits per heavy atom. The summed E-state index contributed by atoms with van der Waals surface area (Å²) in [4.78, 5) is 4.30. The Hall–Kier alpha value is -0.960. The molecule has 0 saturated carbocycles. The van der Waals surface area contributed by atoms with E-state index in [-0.39, 0.29) is 4.75 Å². The van der Waals surface area contributed by atoms with Gasteiger partial charge in [-0.1, -0.05) is 50.7 Å². The molecule has 1 rings (SSSR count). The van der Waals surface area contributed by atoms with E-state index in [1.165, 1.54) is 0 Å². The van der Waals surface area contributed by atoms with Gasteiger partial charge in [-0.05, 0) is 12.1 Å². The fraction of sp³-hybridized carbons (Fsp3) is 0.364. The van der Waals surface area contributed by atoms with Gasteiger partial charge in [-0.15, -0.1) is 0 Å². The largest absolute Gasteiger partial charge is 0.378 e. The maximum Gasteiger partial charge on any atom is 0.159 e. The number of hydrogen-bond acceptors (Lipinski definition) is 2. The number of rotatable bonds is 1. The topological polar surface area (TPSA) is 38.4 Å². The van der Waals surface area contributed by atoms with Crippen LogP contribution in [0.15, 0.2) is 35.3 Å². The normalized spacial score (nSPS) is 12.9. The monoisotopic (exact) mass is 208 g/mol. The van der Waals surface area contributed by atoms with Crippen molar-refractivity contribution in [2.45, 2.75) is 25.5 Å². The van der Waals surface area contributed by atoms with Gasteiger partial charge >= 0.3 is 0 Å². The van der Waals surface area contributed by atoms with Gasteiger partial charge in [0.05, 0.1) is 5.69 Å². The minimum Gasteiger partial charge on any atom is -0.378 e. The molecule has 76 valence electrons. The van der Waals surface area contributed by atoms with E-state index in [2.05, 4.69) is 25.8 Å². The molecule has 0 aliphatic heterocycles. The van der Waals surface area contributed by atoms with Gasteiger partial charge in [0.25, 0.3) is 0 Å². The zero-order valence-corrected chi connectivity index (χ0v) is 9.64. The second-order valence-electron chi connectivity index (χ2n) is 4.00. The van der Waals surface area contributed by atoms with Crippen molar-refractivity contribution in [3.05, 3.63) is 30.3 Å². The third kappa shape index (κ3) is 4.33. The molecular formula is C11H16N2S. The number of amidine groups is 1. The summed E-state index contributed by atoms with van der Waals surface area (Å²) >= 11 is 1.58. The summed E-state index contributed by atoms with van der Waals surface area (Å²) in [7, 11) is 0. The summed E-state index contributed by atoms with van der Waals surface area (Å²) in [5.41, 5.74) is 6.71. The first kappa shape index (κ1) is 11.1. The molecule has 0 spiro atoms. The molecule has 14 heavy (non-hydrogen) atoms. The van der Waals surface area contributed by atoms with E-state index in [0.717, 1.165) is 5.69 Å². The second kappa shape index (κ2) is 4.51. The SMILES string of the molecule is CC(C)(C)SC(N)=Nc1ccccc1. The van der Waals surface area contributed by atoms with E-state index in [4.69, 9.17) is 5.73 Å². The van der Waals surface area contributed by atoms with Crippen LogP contribution in [-0.4, -0.2) is 9.91 Å². The van der Waals surface area contributed by atoms with Gasteiger partial charge in [0.1, 0.15) is 0 Å². The third-order valence-corrected chi connectivity index (χ3v) is 2.32. The smallest absolute Gasteiger partial charge is 0.159 e. The molecule has 0 aliphatic carbocycles. The Balaban J connectivity index is 2.70. The maximum absolute atomic E-state index is 5.80. The molecule has 3 heteroatoms. The molecule has 0 fully saturated rings. The molecule has 2 N–H and O–H groups in total. The first-order valence-corrected chi connectivity index (χ1v) is 5.37. The predicted octanol–water partition coefficient (Wildman–Crippen LogP) is 3.16. The fourth-order valence-corrected chi connectivity index (χ4v) is 1.74. The number of thioether (sulfide) groups is 1. The lowest BCUT2D eigenvalue weighted by Crippen LogP contribution is -2.17. The second-order valence-corrected chi connectivity index (χ2v) is 5.85. The molecule has 1 aromatic rings. The lowest BCUT2D eigenvalue weighted by atomic mass is 10.3. The zero-order chi connectivity index (χ0) is 10.6. The first-order valence-electron chi connectivity index (χ1n) is 4.55. The van der Waals surface area contributed by atoms with Gasteiger partial charge in [0, 0.05) is 4.75 Å². The number of benzene rings is 1. The van der Waals surface area contributed by atoms with E-state index < -0.39 is 0 Å². The van der Waals surface area contributed by atoms with Crippen molar-refractivity contribution in [3.8, 4) is 0 Å². The standard InChI is InChI=1S/C11H16N2S/c1-11(2,3)14-10(12)13-9-7-5-4-6-8-9/h4-8H,1-3H3,(H2,12,13). The highest BCUT2D eigenvalue weighted by Gasteiger charge is 2.12. The zero-order valence-electron chi connectivity index (χ0n) is 8.82. The fourth-order valence-electron chi connectivity index (χ4n) is 0.966. The molecule has 0 radical (unpaired) electrons. The van der Waals surface area contributed by atoms with Crippen molar-refractivity contribution >= 4 is 22.6 Å². The Morgan fingerprint density at radius 2 is 1.79 bits per heavy atom. The number of para-hydroxylation sites is 1. The third-order valence-electron chi connectivity index (χ3n) is 1.41. The van der Waals surface area contributed by atoms with Crippen LogP contribution in [0.4, 0.5) is 5.69 Å². The van der Waals surface area contributed by atoms with Crippen LogP contribution in [0, 0.1) is 0 Å². The van der Waals surface area contributed by atoms with Crippen LogP contribution in [0.2, 0.25) is 0 Å². The Labute approximate surface area is 89.6 Å². The molecule has 0 aliphatic rings. The lowest BCUT2D eigenvalue weighted by Gasteiger charge is -2.16. The lowest BCUT2D eigenvalue weighted by molar-refractivity contribution is 0.808. The predicted molar refractivity (Wildman–Crippen MR) is 65.1 cm³/mol. The summed E-state index contributed by atoms with van der Waals surface area (Å²) in [5.74, 6) is 0. The number of aliphatic imine (C=N–C) groups is 1. The minimum absolute atomic E-state index is 0.113. The summed E-state index contributed by atoms with van der Waals surface area (Å²) < 4.78 is 0.113. The highest BCUT2D eigenvalue weighted by molar-refractivity contribution is 8.14. The summed E-state index contributed by atoms with van der Waals surface area (Å²) in [6, 6.07) is 9.75. The highest BCUT2D eigenvalue weighted by Crippen LogP contribution is 2.24. The summed E-state index contributed by atoms with van der Waals surface area (Å²) in [5, 5.41) is 0.615. The molecule has 0 atom stereocenters.